The third-order valence-corrected chi connectivity index (χ3v) is 6.16. The third kappa shape index (κ3) is 5.88. The molecule has 3 aromatic rings. The largest absolute Gasteiger partial charge is 0.347 e. The van der Waals surface area contributed by atoms with Crippen LogP contribution in [0.15, 0.2) is 46.3 Å². The van der Waals surface area contributed by atoms with Gasteiger partial charge in [-0.2, -0.15) is 4.98 Å². The molecule has 1 N–H and O–H groups in total. The van der Waals surface area contributed by atoms with Crippen LogP contribution in [0.4, 0.5) is 5.69 Å². The first-order chi connectivity index (χ1) is 13.8. The number of aryl methyl sites for hydroxylation is 1. The molecule has 0 atom stereocenters. The van der Waals surface area contributed by atoms with Gasteiger partial charge in [-0.15, -0.1) is 11.3 Å². The van der Waals surface area contributed by atoms with Crippen LogP contribution in [0.1, 0.15) is 24.3 Å². The molecule has 0 aliphatic carbocycles. The second-order valence-corrected chi connectivity index (χ2v) is 9.40. The normalized spacial score (nSPS) is 11.4. The van der Waals surface area contributed by atoms with Gasteiger partial charge in [-0.25, -0.2) is 8.42 Å². The maximum absolute atomic E-state index is 12.1. The summed E-state index contributed by atoms with van der Waals surface area (Å²) in [7, 11) is -3.44. The number of sulfonamides is 1. The number of thiophene rings is 1. The first-order valence-corrected chi connectivity index (χ1v) is 11.7. The van der Waals surface area contributed by atoms with Gasteiger partial charge in [0.05, 0.1) is 23.4 Å². The maximum atomic E-state index is 12.1. The average Bonchev–Trinajstić information content (AvgIpc) is 3.33. The molecular formula is C19H22N4O4S2. The van der Waals surface area contributed by atoms with Crippen LogP contribution < -0.4 is 9.62 Å². The van der Waals surface area contributed by atoms with Crippen LogP contribution in [-0.4, -0.2) is 37.3 Å². The molecule has 29 heavy (non-hydrogen) atoms. The van der Waals surface area contributed by atoms with Crippen molar-refractivity contribution < 1.29 is 17.7 Å². The van der Waals surface area contributed by atoms with E-state index in [0.29, 0.717) is 23.8 Å². The Kier molecular flexibility index (Phi) is 6.65. The maximum Gasteiger partial charge on any atom is 0.246 e. The van der Waals surface area contributed by atoms with E-state index in [0.717, 1.165) is 16.7 Å². The van der Waals surface area contributed by atoms with E-state index in [1.807, 2.05) is 42.6 Å². The van der Waals surface area contributed by atoms with Gasteiger partial charge in [0.1, 0.15) is 0 Å². The molecule has 2 aromatic heterocycles. The van der Waals surface area contributed by atoms with Crippen LogP contribution >= 0.6 is 11.3 Å². The summed E-state index contributed by atoms with van der Waals surface area (Å²) in [5, 5.41) is 8.53. The average molecular weight is 435 g/mol. The minimum absolute atomic E-state index is 0.130. The zero-order chi connectivity index (χ0) is 20.9. The van der Waals surface area contributed by atoms with E-state index >= 15 is 0 Å². The van der Waals surface area contributed by atoms with E-state index < -0.39 is 10.0 Å². The van der Waals surface area contributed by atoms with Gasteiger partial charge in [-0.3, -0.25) is 9.10 Å². The predicted octanol–water partition coefficient (Wildman–Crippen LogP) is 2.97. The van der Waals surface area contributed by atoms with Gasteiger partial charge in [0, 0.05) is 13.0 Å². The number of amides is 1. The van der Waals surface area contributed by atoms with Crippen LogP contribution in [0.25, 0.3) is 10.7 Å². The summed E-state index contributed by atoms with van der Waals surface area (Å²) in [6, 6.07) is 11.0. The lowest BCUT2D eigenvalue weighted by atomic mass is 10.2. The van der Waals surface area contributed by atoms with Gasteiger partial charge in [0.15, 0.2) is 0 Å². The van der Waals surface area contributed by atoms with Crippen molar-refractivity contribution in [2.75, 3.05) is 17.1 Å². The Balaban J connectivity index is 1.49. The number of carbonyl (C=O) groups is 1. The van der Waals surface area contributed by atoms with E-state index in [9.17, 15) is 13.2 Å². The molecule has 0 saturated heterocycles. The van der Waals surface area contributed by atoms with Crippen molar-refractivity contribution in [2.45, 2.75) is 26.3 Å². The molecule has 0 spiro atoms. The van der Waals surface area contributed by atoms with Crippen molar-refractivity contribution in [3.05, 3.63) is 53.2 Å². The number of aromatic nitrogens is 2. The zero-order valence-corrected chi connectivity index (χ0v) is 17.8. The molecule has 8 nitrogen and oxygen atoms in total. The number of carbonyl (C=O) groups excluding carboxylic acids is 1. The van der Waals surface area contributed by atoms with Crippen molar-refractivity contribution in [3.8, 4) is 10.7 Å². The number of hydrogen-bond acceptors (Lipinski definition) is 7. The van der Waals surface area contributed by atoms with E-state index in [-0.39, 0.29) is 25.4 Å². The van der Waals surface area contributed by atoms with Crippen molar-refractivity contribution in [1.29, 1.82) is 0 Å². The second kappa shape index (κ2) is 9.19. The Morgan fingerprint density at radius 3 is 2.79 bits per heavy atom. The fourth-order valence-electron chi connectivity index (χ4n) is 2.75. The Hall–Kier alpha value is -2.72. The number of nitrogens with zero attached hydrogens (tertiary/aromatic N) is 3. The summed E-state index contributed by atoms with van der Waals surface area (Å²) in [5.74, 6) is 0.601. The van der Waals surface area contributed by atoms with Crippen LogP contribution in [0, 0.1) is 6.92 Å². The van der Waals surface area contributed by atoms with Gasteiger partial charge < -0.3 is 9.84 Å². The molecule has 0 saturated carbocycles. The molecule has 0 aliphatic heterocycles. The SMILES string of the molecule is Cc1cccc(N(CCCC(=O)NCc2nc(-c3cccs3)no2)S(C)(=O)=O)c1. The first kappa shape index (κ1) is 21.0. The lowest BCUT2D eigenvalue weighted by molar-refractivity contribution is -0.121. The summed E-state index contributed by atoms with van der Waals surface area (Å²) in [5.41, 5.74) is 1.57. The van der Waals surface area contributed by atoms with Gasteiger partial charge in [-0.05, 0) is 42.5 Å². The van der Waals surface area contributed by atoms with Crippen LogP contribution in [0.2, 0.25) is 0 Å². The summed E-state index contributed by atoms with van der Waals surface area (Å²) in [6.45, 7) is 2.25. The highest BCUT2D eigenvalue weighted by Gasteiger charge is 2.18. The minimum Gasteiger partial charge on any atom is -0.347 e. The highest BCUT2D eigenvalue weighted by atomic mass is 32.2. The molecular weight excluding hydrogens is 412 g/mol. The minimum atomic E-state index is -3.44. The highest BCUT2D eigenvalue weighted by Crippen LogP contribution is 2.21. The van der Waals surface area contributed by atoms with E-state index in [1.165, 1.54) is 15.6 Å². The molecule has 154 valence electrons. The van der Waals surface area contributed by atoms with Gasteiger partial charge in [-0.1, -0.05) is 23.4 Å². The summed E-state index contributed by atoms with van der Waals surface area (Å²) < 4.78 is 30.7. The van der Waals surface area contributed by atoms with Crippen LogP contribution in [-0.2, 0) is 21.4 Å². The topological polar surface area (TPSA) is 105 Å². The van der Waals surface area contributed by atoms with Crippen molar-refractivity contribution in [3.63, 3.8) is 0 Å². The van der Waals surface area contributed by atoms with Crippen molar-refractivity contribution in [1.82, 2.24) is 15.5 Å². The van der Waals surface area contributed by atoms with E-state index in [4.69, 9.17) is 4.52 Å². The van der Waals surface area contributed by atoms with Gasteiger partial charge in [0.2, 0.25) is 27.6 Å². The molecule has 1 amide bonds. The van der Waals surface area contributed by atoms with Crippen LogP contribution in [0.5, 0.6) is 0 Å². The van der Waals surface area contributed by atoms with Crippen molar-refractivity contribution in [2.24, 2.45) is 0 Å². The molecule has 1 aromatic carbocycles. The fraction of sp³-hybridized carbons (Fsp3) is 0.316. The van der Waals surface area contributed by atoms with Gasteiger partial charge in [0.25, 0.3) is 0 Å². The Labute approximate surface area is 173 Å². The second-order valence-electron chi connectivity index (χ2n) is 6.54. The number of nitrogens with one attached hydrogen (secondary N) is 1. The Morgan fingerprint density at radius 1 is 1.28 bits per heavy atom. The molecule has 0 fully saturated rings. The summed E-state index contributed by atoms with van der Waals surface area (Å²) in [6.07, 6.45) is 1.73. The molecule has 2 heterocycles. The molecule has 0 bridgehead atoms. The Morgan fingerprint density at radius 2 is 2.10 bits per heavy atom. The quantitative estimate of drug-likeness (QED) is 0.555. The molecule has 0 radical (unpaired) electrons. The lowest BCUT2D eigenvalue weighted by Gasteiger charge is -2.22. The first-order valence-electron chi connectivity index (χ1n) is 9.00. The smallest absolute Gasteiger partial charge is 0.246 e. The number of hydrogen-bond donors (Lipinski definition) is 1. The number of rotatable bonds is 9. The van der Waals surface area contributed by atoms with E-state index in [1.54, 1.807) is 6.07 Å². The molecule has 3 rings (SSSR count). The molecule has 10 heteroatoms. The van der Waals surface area contributed by atoms with Crippen LogP contribution in [0.3, 0.4) is 0 Å². The predicted molar refractivity (Wildman–Crippen MR) is 112 cm³/mol. The van der Waals surface area contributed by atoms with E-state index in [2.05, 4.69) is 15.5 Å². The zero-order valence-electron chi connectivity index (χ0n) is 16.2. The Bertz CT molecular complexity index is 1060. The number of anilines is 1. The van der Waals surface area contributed by atoms with Crippen molar-refractivity contribution >= 4 is 33.0 Å². The summed E-state index contributed by atoms with van der Waals surface area (Å²) in [4.78, 5) is 17.2. The number of benzene rings is 1. The summed E-state index contributed by atoms with van der Waals surface area (Å²) >= 11 is 1.50. The highest BCUT2D eigenvalue weighted by molar-refractivity contribution is 7.92. The third-order valence-electron chi connectivity index (χ3n) is 4.10. The monoisotopic (exact) mass is 434 g/mol. The molecule has 0 unspecified atom stereocenters. The lowest BCUT2D eigenvalue weighted by Crippen LogP contribution is -2.32. The fourth-order valence-corrected chi connectivity index (χ4v) is 4.35. The van der Waals surface area contributed by atoms with Gasteiger partial charge >= 0.3 is 0 Å². The molecule has 0 aliphatic rings. The standard InChI is InChI=1S/C19H22N4O4S2/c1-14-6-3-7-15(12-14)23(29(2,25)26)10-4-9-17(24)20-13-18-21-19(22-27-18)16-8-5-11-28-16/h3,5-8,11-12H,4,9-10,13H2,1-2H3,(H,20,24).